The number of nitrogens with zero attached hydrogens (tertiary/aromatic N) is 2. The summed E-state index contributed by atoms with van der Waals surface area (Å²) < 4.78 is 0. The van der Waals surface area contributed by atoms with E-state index in [4.69, 9.17) is 11.6 Å². The minimum absolute atomic E-state index is 0.0723. The first-order chi connectivity index (χ1) is 11.6. The van der Waals surface area contributed by atoms with Gasteiger partial charge in [0.05, 0.1) is 0 Å². The molecule has 1 N–H and O–H groups in total. The first-order valence-electron chi connectivity index (χ1n) is 8.27. The lowest BCUT2D eigenvalue weighted by Gasteiger charge is -2.32. The Morgan fingerprint density at radius 3 is 2.96 bits per heavy atom. The Labute approximate surface area is 151 Å². The normalized spacial score (nSPS) is 18.5. The second-order valence-electron chi connectivity index (χ2n) is 6.39. The van der Waals surface area contributed by atoms with Crippen molar-refractivity contribution in [3.63, 3.8) is 0 Å². The molecular weight excluding hydrogens is 342 g/mol. The van der Waals surface area contributed by atoms with Crippen LogP contribution in [0.4, 0.5) is 5.13 Å². The Hall–Kier alpha value is -1.43. The quantitative estimate of drug-likeness (QED) is 0.865. The van der Waals surface area contributed by atoms with Gasteiger partial charge in [0.15, 0.2) is 5.13 Å². The highest BCUT2D eigenvalue weighted by Crippen LogP contribution is 2.25. The molecule has 6 heteroatoms. The summed E-state index contributed by atoms with van der Waals surface area (Å²) in [5.41, 5.74) is 1.36. The van der Waals surface area contributed by atoms with E-state index in [0.717, 1.165) is 31.1 Å². The minimum Gasteiger partial charge on any atom is -0.302 e. The molecule has 0 saturated carbocycles. The number of carbonyl (C=O) groups excluding carboxylic acids is 1. The molecule has 1 saturated heterocycles. The smallest absolute Gasteiger partial charge is 0.223 e. The van der Waals surface area contributed by atoms with Crippen LogP contribution in [0, 0.1) is 5.92 Å². The van der Waals surface area contributed by atoms with Gasteiger partial charge in [-0.2, -0.15) is 0 Å². The highest BCUT2D eigenvalue weighted by atomic mass is 35.5. The van der Waals surface area contributed by atoms with Crippen LogP contribution >= 0.6 is 22.9 Å². The maximum absolute atomic E-state index is 11.1. The van der Waals surface area contributed by atoms with Crippen molar-refractivity contribution in [2.75, 3.05) is 18.4 Å². The standard InChI is InChI=1S/C18H22ClN3OS/c1-13(23)21-18-20-10-17(24-18)12-22-8-2-3-15(11-22)9-14-4-6-16(19)7-5-14/h4-7,10,15H,2-3,8-9,11-12H2,1H3,(H,20,21,23)/t15-/m0/s1. The maximum atomic E-state index is 11.1. The molecule has 0 unspecified atom stereocenters. The lowest BCUT2D eigenvalue weighted by Crippen LogP contribution is -2.35. The van der Waals surface area contributed by atoms with Crippen LogP contribution in [-0.2, 0) is 17.8 Å². The average molecular weight is 364 g/mol. The Kier molecular flexibility index (Phi) is 5.87. The molecule has 0 radical (unpaired) electrons. The molecule has 1 aromatic heterocycles. The van der Waals surface area contributed by atoms with Crippen LogP contribution in [0.1, 0.15) is 30.2 Å². The lowest BCUT2D eigenvalue weighted by molar-refractivity contribution is -0.114. The third-order valence-electron chi connectivity index (χ3n) is 4.26. The number of nitrogens with one attached hydrogen (secondary N) is 1. The first-order valence-corrected chi connectivity index (χ1v) is 9.47. The molecular formula is C18H22ClN3OS. The van der Waals surface area contributed by atoms with Gasteiger partial charge in [-0.05, 0) is 49.4 Å². The molecule has 1 aliphatic heterocycles. The van der Waals surface area contributed by atoms with Crippen LogP contribution in [0.5, 0.6) is 0 Å². The van der Waals surface area contributed by atoms with Crippen LogP contribution in [-0.4, -0.2) is 28.9 Å². The molecule has 24 heavy (non-hydrogen) atoms. The van der Waals surface area contributed by atoms with E-state index in [2.05, 4.69) is 27.3 Å². The number of piperidine rings is 1. The number of hydrogen-bond donors (Lipinski definition) is 1. The second kappa shape index (κ2) is 8.10. The third kappa shape index (κ3) is 5.03. The molecule has 1 amide bonds. The Bertz CT molecular complexity index is 686. The lowest BCUT2D eigenvalue weighted by atomic mass is 9.91. The summed E-state index contributed by atoms with van der Waals surface area (Å²) in [6, 6.07) is 8.20. The van der Waals surface area contributed by atoms with Crippen molar-refractivity contribution in [2.24, 2.45) is 5.92 Å². The average Bonchev–Trinajstić information content (AvgIpc) is 2.96. The van der Waals surface area contributed by atoms with Crippen LogP contribution in [0.3, 0.4) is 0 Å². The molecule has 3 rings (SSSR count). The van der Waals surface area contributed by atoms with E-state index in [-0.39, 0.29) is 5.91 Å². The summed E-state index contributed by atoms with van der Waals surface area (Å²) in [4.78, 5) is 19.0. The van der Waals surface area contributed by atoms with Gasteiger partial charge >= 0.3 is 0 Å². The van der Waals surface area contributed by atoms with Crippen molar-refractivity contribution in [3.8, 4) is 0 Å². The second-order valence-corrected chi connectivity index (χ2v) is 7.94. The highest BCUT2D eigenvalue weighted by molar-refractivity contribution is 7.15. The number of benzene rings is 1. The third-order valence-corrected chi connectivity index (χ3v) is 5.41. The number of amides is 1. The van der Waals surface area contributed by atoms with Gasteiger partial charge in [-0.3, -0.25) is 9.69 Å². The summed E-state index contributed by atoms with van der Waals surface area (Å²) in [5, 5.41) is 4.23. The predicted octanol–water partition coefficient (Wildman–Crippen LogP) is 4.21. The topological polar surface area (TPSA) is 45.2 Å². The van der Waals surface area contributed by atoms with E-state index in [0.29, 0.717) is 11.0 Å². The summed E-state index contributed by atoms with van der Waals surface area (Å²) in [6.07, 6.45) is 5.49. The monoisotopic (exact) mass is 363 g/mol. The molecule has 0 spiro atoms. The fourth-order valence-electron chi connectivity index (χ4n) is 3.22. The van der Waals surface area contributed by atoms with Crippen LogP contribution < -0.4 is 5.32 Å². The van der Waals surface area contributed by atoms with Gasteiger partial charge in [0.25, 0.3) is 0 Å². The molecule has 2 aromatic rings. The van der Waals surface area contributed by atoms with E-state index in [1.807, 2.05) is 18.3 Å². The van der Waals surface area contributed by atoms with E-state index >= 15 is 0 Å². The van der Waals surface area contributed by atoms with Crippen molar-refractivity contribution < 1.29 is 4.79 Å². The molecule has 4 nitrogen and oxygen atoms in total. The Balaban J connectivity index is 1.54. The summed E-state index contributed by atoms with van der Waals surface area (Å²) in [5.74, 6) is 0.611. The van der Waals surface area contributed by atoms with Gasteiger partial charge < -0.3 is 5.32 Å². The Morgan fingerprint density at radius 2 is 2.21 bits per heavy atom. The molecule has 0 bridgehead atoms. The van der Waals surface area contributed by atoms with Crippen LogP contribution in [0.15, 0.2) is 30.5 Å². The van der Waals surface area contributed by atoms with E-state index in [9.17, 15) is 4.79 Å². The zero-order chi connectivity index (χ0) is 16.9. The number of carbonyl (C=O) groups is 1. The van der Waals surface area contributed by atoms with E-state index < -0.39 is 0 Å². The zero-order valence-corrected chi connectivity index (χ0v) is 15.4. The highest BCUT2D eigenvalue weighted by Gasteiger charge is 2.21. The van der Waals surface area contributed by atoms with Crippen LogP contribution in [0.2, 0.25) is 5.02 Å². The number of anilines is 1. The fraction of sp³-hybridized carbons (Fsp3) is 0.444. The first kappa shape index (κ1) is 17.4. The predicted molar refractivity (Wildman–Crippen MR) is 99.6 cm³/mol. The summed E-state index contributed by atoms with van der Waals surface area (Å²) in [7, 11) is 0. The molecule has 1 atom stereocenters. The molecule has 128 valence electrons. The molecule has 1 aliphatic rings. The number of rotatable bonds is 5. The van der Waals surface area contributed by atoms with Crippen LogP contribution in [0.25, 0.3) is 0 Å². The van der Waals surface area contributed by atoms with Crippen molar-refractivity contribution in [1.29, 1.82) is 0 Å². The van der Waals surface area contributed by atoms with Gasteiger partial charge in [-0.15, -0.1) is 11.3 Å². The van der Waals surface area contributed by atoms with Gasteiger partial charge in [0, 0.05) is 36.1 Å². The molecule has 2 heterocycles. The Morgan fingerprint density at radius 1 is 1.42 bits per heavy atom. The van der Waals surface area contributed by atoms with Crippen molar-refractivity contribution in [3.05, 3.63) is 45.9 Å². The van der Waals surface area contributed by atoms with Crippen molar-refractivity contribution in [2.45, 2.75) is 32.7 Å². The molecule has 1 fully saturated rings. The molecule has 1 aromatic carbocycles. The summed E-state index contributed by atoms with van der Waals surface area (Å²) in [6.45, 7) is 4.65. The summed E-state index contributed by atoms with van der Waals surface area (Å²) >= 11 is 7.52. The number of halogens is 1. The van der Waals surface area contributed by atoms with Gasteiger partial charge in [-0.25, -0.2) is 4.98 Å². The number of aromatic nitrogens is 1. The maximum Gasteiger partial charge on any atom is 0.223 e. The van der Waals surface area contributed by atoms with Crippen molar-refractivity contribution in [1.82, 2.24) is 9.88 Å². The fourth-order valence-corrected chi connectivity index (χ4v) is 4.25. The number of thiazole rings is 1. The van der Waals surface area contributed by atoms with E-state index in [1.165, 1.54) is 30.2 Å². The SMILES string of the molecule is CC(=O)Nc1ncc(CN2CCC[C@@H](Cc3ccc(Cl)cc3)C2)s1. The molecule has 0 aliphatic carbocycles. The largest absolute Gasteiger partial charge is 0.302 e. The van der Waals surface area contributed by atoms with Gasteiger partial charge in [-0.1, -0.05) is 23.7 Å². The number of likely N-dealkylation sites (tertiary alicyclic amines) is 1. The van der Waals surface area contributed by atoms with Gasteiger partial charge in [0.2, 0.25) is 5.91 Å². The van der Waals surface area contributed by atoms with E-state index in [1.54, 1.807) is 11.3 Å². The minimum atomic E-state index is -0.0723. The van der Waals surface area contributed by atoms with Gasteiger partial charge in [0.1, 0.15) is 0 Å². The number of hydrogen-bond acceptors (Lipinski definition) is 4. The zero-order valence-electron chi connectivity index (χ0n) is 13.8. The van der Waals surface area contributed by atoms with Crippen molar-refractivity contribution >= 4 is 34.0 Å².